The van der Waals surface area contributed by atoms with Gasteiger partial charge in [-0.25, -0.2) is 0 Å². The average molecular weight is 255 g/mol. The van der Waals surface area contributed by atoms with Crippen LogP contribution in [-0.2, 0) is 6.54 Å². The van der Waals surface area contributed by atoms with Crippen LogP contribution in [0.4, 0.5) is 0 Å². The Morgan fingerprint density at radius 1 is 1.26 bits per heavy atom. The van der Waals surface area contributed by atoms with Crippen molar-refractivity contribution in [2.24, 2.45) is 11.7 Å². The highest BCUT2D eigenvalue weighted by atomic mass is 15.2. The first-order chi connectivity index (χ1) is 9.22. The topological polar surface area (TPSA) is 42.2 Å². The molecule has 3 heteroatoms. The smallest absolute Gasteiger partial charge is 0.0705 e. The summed E-state index contributed by atoms with van der Waals surface area (Å²) >= 11 is 0. The second-order valence-electron chi connectivity index (χ2n) is 5.66. The molecule has 1 aromatic carbocycles. The Morgan fingerprint density at radius 3 is 2.95 bits per heavy atom. The first kappa shape index (κ1) is 12.6. The molecule has 1 saturated heterocycles. The number of benzene rings is 1. The summed E-state index contributed by atoms with van der Waals surface area (Å²) < 4.78 is 0. The van der Waals surface area contributed by atoms with Crippen LogP contribution in [0.5, 0.6) is 0 Å². The van der Waals surface area contributed by atoms with Crippen LogP contribution in [0, 0.1) is 5.92 Å². The number of rotatable bonds is 2. The maximum Gasteiger partial charge on any atom is 0.0705 e. The molecule has 0 radical (unpaired) electrons. The fraction of sp³-hybridized carbons (Fsp3) is 0.438. The lowest BCUT2D eigenvalue weighted by molar-refractivity contribution is 0.161. The van der Waals surface area contributed by atoms with Crippen LogP contribution in [-0.4, -0.2) is 29.0 Å². The Morgan fingerprint density at radius 2 is 2.11 bits per heavy atom. The summed E-state index contributed by atoms with van der Waals surface area (Å²) in [6, 6.07) is 12.9. The van der Waals surface area contributed by atoms with Gasteiger partial charge in [0.2, 0.25) is 0 Å². The minimum Gasteiger partial charge on any atom is -0.326 e. The molecule has 3 nitrogen and oxygen atoms in total. The molecule has 0 amide bonds. The molecule has 1 fully saturated rings. The number of pyridine rings is 1. The quantitative estimate of drug-likeness (QED) is 0.896. The summed E-state index contributed by atoms with van der Waals surface area (Å²) in [7, 11) is 0. The molecule has 2 heterocycles. The molecule has 0 bridgehead atoms. The molecule has 3 rings (SSSR count). The molecule has 19 heavy (non-hydrogen) atoms. The number of hydrogen-bond acceptors (Lipinski definition) is 3. The zero-order chi connectivity index (χ0) is 13.2. The van der Waals surface area contributed by atoms with E-state index < -0.39 is 0 Å². The molecule has 100 valence electrons. The van der Waals surface area contributed by atoms with Gasteiger partial charge in [-0.05, 0) is 31.0 Å². The van der Waals surface area contributed by atoms with Crippen molar-refractivity contribution in [3.63, 3.8) is 0 Å². The van der Waals surface area contributed by atoms with Gasteiger partial charge < -0.3 is 5.73 Å². The Hall–Kier alpha value is -1.45. The van der Waals surface area contributed by atoms with Gasteiger partial charge in [-0.2, -0.15) is 0 Å². The monoisotopic (exact) mass is 255 g/mol. The molecule has 1 aliphatic rings. The fourth-order valence-corrected chi connectivity index (χ4v) is 2.74. The van der Waals surface area contributed by atoms with Crippen molar-refractivity contribution in [2.45, 2.75) is 25.9 Å². The summed E-state index contributed by atoms with van der Waals surface area (Å²) in [5.74, 6) is 0.640. The van der Waals surface area contributed by atoms with Crippen LogP contribution < -0.4 is 5.73 Å². The summed E-state index contributed by atoms with van der Waals surface area (Å²) in [4.78, 5) is 7.15. The first-order valence-corrected chi connectivity index (χ1v) is 7.05. The Balaban J connectivity index is 1.74. The number of likely N-dealkylation sites (tertiary alicyclic amines) is 1. The normalized spacial score (nSPS) is 24.7. The van der Waals surface area contributed by atoms with E-state index in [0.717, 1.165) is 30.8 Å². The standard InChI is InChI=1S/C16H21N3/c1-12-8-9-19(11-15(12)17)10-14-7-6-13-4-2-3-5-16(13)18-14/h2-7,12,15H,8-11,17H2,1H3. The molecule has 2 atom stereocenters. The highest BCUT2D eigenvalue weighted by Gasteiger charge is 2.23. The van der Waals surface area contributed by atoms with Gasteiger partial charge in [0.05, 0.1) is 11.2 Å². The third-order valence-electron chi connectivity index (χ3n) is 4.14. The van der Waals surface area contributed by atoms with Crippen molar-refractivity contribution < 1.29 is 0 Å². The summed E-state index contributed by atoms with van der Waals surface area (Å²) in [6.07, 6.45) is 1.19. The van der Waals surface area contributed by atoms with Gasteiger partial charge >= 0.3 is 0 Å². The molecule has 2 N–H and O–H groups in total. The largest absolute Gasteiger partial charge is 0.326 e. The molecule has 0 aliphatic carbocycles. The fourth-order valence-electron chi connectivity index (χ4n) is 2.74. The lowest BCUT2D eigenvalue weighted by Crippen LogP contribution is -2.47. The maximum atomic E-state index is 6.15. The van der Waals surface area contributed by atoms with Gasteiger partial charge in [-0.3, -0.25) is 9.88 Å². The van der Waals surface area contributed by atoms with E-state index in [0.29, 0.717) is 12.0 Å². The van der Waals surface area contributed by atoms with Crippen LogP contribution in [0.15, 0.2) is 36.4 Å². The molecular formula is C16H21N3. The van der Waals surface area contributed by atoms with Gasteiger partial charge in [0.15, 0.2) is 0 Å². The van der Waals surface area contributed by atoms with Gasteiger partial charge in [-0.1, -0.05) is 31.2 Å². The third-order valence-corrected chi connectivity index (χ3v) is 4.14. The summed E-state index contributed by atoms with van der Waals surface area (Å²) in [5.41, 5.74) is 8.37. The highest BCUT2D eigenvalue weighted by molar-refractivity contribution is 5.78. The van der Waals surface area contributed by atoms with E-state index in [1.54, 1.807) is 0 Å². The van der Waals surface area contributed by atoms with Gasteiger partial charge in [0.25, 0.3) is 0 Å². The van der Waals surface area contributed by atoms with Crippen molar-refractivity contribution in [3.05, 3.63) is 42.1 Å². The van der Waals surface area contributed by atoms with Crippen LogP contribution >= 0.6 is 0 Å². The lowest BCUT2D eigenvalue weighted by Gasteiger charge is -2.34. The van der Waals surface area contributed by atoms with E-state index in [1.165, 1.54) is 11.8 Å². The molecular weight excluding hydrogens is 234 g/mol. The zero-order valence-electron chi connectivity index (χ0n) is 11.4. The number of nitrogens with two attached hydrogens (primary N) is 1. The third kappa shape index (κ3) is 2.77. The SMILES string of the molecule is CC1CCN(Cc2ccc3ccccc3n2)CC1N. The van der Waals surface area contributed by atoms with Gasteiger partial charge in [0.1, 0.15) is 0 Å². The Labute approximate surface area is 114 Å². The molecule has 2 aromatic rings. The van der Waals surface area contributed by atoms with Crippen LogP contribution in [0.3, 0.4) is 0 Å². The number of para-hydroxylation sites is 1. The maximum absolute atomic E-state index is 6.15. The minimum absolute atomic E-state index is 0.300. The summed E-state index contributed by atoms with van der Waals surface area (Å²) in [5, 5.41) is 1.20. The van der Waals surface area contributed by atoms with E-state index in [4.69, 9.17) is 10.7 Å². The number of aromatic nitrogens is 1. The second-order valence-corrected chi connectivity index (χ2v) is 5.66. The predicted octanol–water partition coefficient (Wildman–Crippen LogP) is 2.40. The number of nitrogens with zero attached hydrogens (tertiary/aromatic N) is 2. The zero-order valence-corrected chi connectivity index (χ0v) is 11.4. The average Bonchev–Trinajstić information content (AvgIpc) is 2.43. The Kier molecular flexibility index (Phi) is 3.49. The molecule has 0 saturated carbocycles. The molecule has 0 spiro atoms. The van der Waals surface area contributed by atoms with Gasteiger partial charge in [-0.15, -0.1) is 0 Å². The first-order valence-electron chi connectivity index (χ1n) is 7.05. The van der Waals surface area contributed by atoms with Crippen LogP contribution in [0.1, 0.15) is 19.0 Å². The highest BCUT2D eigenvalue weighted by Crippen LogP contribution is 2.18. The van der Waals surface area contributed by atoms with Crippen LogP contribution in [0.2, 0.25) is 0 Å². The van der Waals surface area contributed by atoms with Crippen LogP contribution in [0.25, 0.3) is 10.9 Å². The van der Waals surface area contributed by atoms with Crippen molar-refractivity contribution in [1.82, 2.24) is 9.88 Å². The van der Waals surface area contributed by atoms with Crippen molar-refractivity contribution >= 4 is 10.9 Å². The lowest BCUT2D eigenvalue weighted by atomic mass is 9.94. The molecule has 1 aliphatic heterocycles. The minimum atomic E-state index is 0.300. The van der Waals surface area contributed by atoms with E-state index in [2.05, 4.69) is 42.2 Å². The van der Waals surface area contributed by atoms with Crippen molar-refractivity contribution in [1.29, 1.82) is 0 Å². The van der Waals surface area contributed by atoms with Gasteiger partial charge in [0, 0.05) is 24.5 Å². The van der Waals surface area contributed by atoms with E-state index in [1.807, 2.05) is 6.07 Å². The predicted molar refractivity (Wildman–Crippen MR) is 78.8 cm³/mol. The van der Waals surface area contributed by atoms with E-state index in [9.17, 15) is 0 Å². The molecule has 2 unspecified atom stereocenters. The second kappa shape index (κ2) is 5.27. The number of hydrogen-bond donors (Lipinski definition) is 1. The number of fused-ring (bicyclic) bond motifs is 1. The summed E-state index contributed by atoms with van der Waals surface area (Å²) in [6.45, 7) is 5.26. The van der Waals surface area contributed by atoms with E-state index in [-0.39, 0.29) is 0 Å². The van der Waals surface area contributed by atoms with Crippen molar-refractivity contribution in [2.75, 3.05) is 13.1 Å². The van der Waals surface area contributed by atoms with Crippen molar-refractivity contribution in [3.8, 4) is 0 Å². The number of piperidine rings is 1. The Bertz CT molecular complexity index is 567. The van der Waals surface area contributed by atoms with E-state index >= 15 is 0 Å². The molecule has 1 aromatic heterocycles.